The lowest BCUT2D eigenvalue weighted by Gasteiger charge is -2.38. The van der Waals surface area contributed by atoms with Crippen molar-refractivity contribution in [1.29, 1.82) is 0 Å². The van der Waals surface area contributed by atoms with Crippen LogP contribution in [0, 0.1) is 0 Å². The van der Waals surface area contributed by atoms with E-state index in [0.717, 1.165) is 61.9 Å². The zero-order chi connectivity index (χ0) is 26.1. The summed E-state index contributed by atoms with van der Waals surface area (Å²) in [6.07, 6.45) is 4.84. The fourth-order valence-electron chi connectivity index (χ4n) is 6.22. The minimum absolute atomic E-state index is 0.0846. The van der Waals surface area contributed by atoms with E-state index in [1.54, 1.807) is 0 Å². The minimum Gasteiger partial charge on any atom is -0.468 e. The molecule has 3 aromatic rings. The van der Waals surface area contributed by atoms with Crippen LogP contribution in [0.25, 0.3) is 10.9 Å². The van der Waals surface area contributed by atoms with Crippen LogP contribution in [0.4, 0.5) is 0 Å². The summed E-state index contributed by atoms with van der Waals surface area (Å²) in [6.45, 7) is 3.60. The normalized spacial score (nSPS) is 23.0. The quantitative estimate of drug-likeness (QED) is 0.480. The molecule has 38 heavy (non-hydrogen) atoms. The van der Waals surface area contributed by atoms with Gasteiger partial charge in [-0.2, -0.15) is 0 Å². The van der Waals surface area contributed by atoms with Gasteiger partial charge in [-0.05, 0) is 62.9 Å². The van der Waals surface area contributed by atoms with Crippen molar-refractivity contribution in [2.45, 2.75) is 62.7 Å². The van der Waals surface area contributed by atoms with Gasteiger partial charge in [0.15, 0.2) is 0 Å². The number of amides is 1. The average Bonchev–Trinajstić information content (AvgIpc) is 3.73. The van der Waals surface area contributed by atoms with Crippen LogP contribution in [0.3, 0.4) is 0 Å². The number of para-hydroxylation sites is 1. The molecule has 2 saturated heterocycles. The first-order valence-corrected chi connectivity index (χ1v) is 13.9. The van der Waals surface area contributed by atoms with Crippen molar-refractivity contribution in [2.75, 3.05) is 26.7 Å². The first-order chi connectivity index (χ1) is 18.6. The van der Waals surface area contributed by atoms with Crippen molar-refractivity contribution in [2.24, 2.45) is 0 Å². The summed E-state index contributed by atoms with van der Waals surface area (Å²) in [5.74, 6) is 0.169. The maximum Gasteiger partial charge on any atom is 0.323 e. The second-order valence-electron chi connectivity index (χ2n) is 11.0. The van der Waals surface area contributed by atoms with E-state index < -0.39 is 0 Å². The Labute approximate surface area is 224 Å². The smallest absolute Gasteiger partial charge is 0.323 e. The number of aromatic nitrogens is 1. The number of carbonyl (C=O) groups is 2. The number of carbonyl (C=O) groups excluding carboxylic acids is 2. The van der Waals surface area contributed by atoms with Crippen LogP contribution in [-0.4, -0.2) is 71.5 Å². The van der Waals surface area contributed by atoms with Crippen LogP contribution in [-0.2, 0) is 16.1 Å². The minimum atomic E-state index is -0.327. The summed E-state index contributed by atoms with van der Waals surface area (Å²) < 4.78 is 5.19. The number of nitrogens with zero attached hydrogens (tertiary/aromatic N) is 3. The Kier molecular flexibility index (Phi) is 7.13. The summed E-state index contributed by atoms with van der Waals surface area (Å²) in [7, 11) is 1.46. The Balaban J connectivity index is 1.14. The molecule has 3 heterocycles. The molecule has 0 spiro atoms. The second-order valence-corrected chi connectivity index (χ2v) is 11.0. The highest BCUT2D eigenvalue weighted by atomic mass is 16.5. The SMILES string of the molecule is COC(=O)[C@@H]1C[C@@H](NC(=O)c2cc(C3CC3)nc3ccccc23)CN1C1CCN(Cc2ccccc2)CC1. The standard InChI is InChI=1S/C31H36N4O3/c1-38-31(37)29-17-23(20-35(29)24-13-15-34(16-14-24)19-21-7-3-2-4-8-21)32-30(36)26-18-28(22-11-12-22)33-27-10-6-5-9-25(26)27/h2-10,18,22-24,29H,11-17,19-20H2,1H3,(H,32,36)/t23-,29+/m1/s1. The lowest BCUT2D eigenvalue weighted by Crippen LogP contribution is -2.49. The molecule has 1 N–H and O–H groups in total. The fraction of sp³-hybridized carbons (Fsp3) is 0.452. The molecule has 6 rings (SSSR count). The predicted molar refractivity (Wildman–Crippen MR) is 147 cm³/mol. The van der Waals surface area contributed by atoms with Crippen molar-refractivity contribution in [3.63, 3.8) is 0 Å². The van der Waals surface area contributed by atoms with Gasteiger partial charge in [0.1, 0.15) is 6.04 Å². The number of nitrogens with one attached hydrogen (secondary N) is 1. The van der Waals surface area contributed by atoms with E-state index in [0.29, 0.717) is 30.5 Å². The van der Waals surface area contributed by atoms with Crippen molar-refractivity contribution in [3.8, 4) is 0 Å². The number of ether oxygens (including phenoxy) is 1. The van der Waals surface area contributed by atoms with Gasteiger partial charge in [0, 0.05) is 42.2 Å². The Bertz CT molecular complexity index is 1300. The molecule has 198 valence electrons. The highest BCUT2D eigenvalue weighted by molar-refractivity contribution is 6.06. The third-order valence-corrected chi connectivity index (χ3v) is 8.40. The molecule has 0 bridgehead atoms. The van der Waals surface area contributed by atoms with Crippen molar-refractivity contribution in [3.05, 3.63) is 77.5 Å². The molecule has 0 unspecified atom stereocenters. The maximum absolute atomic E-state index is 13.6. The Morgan fingerprint density at radius 3 is 2.47 bits per heavy atom. The lowest BCUT2D eigenvalue weighted by molar-refractivity contribution is -0.147. The largest absolute Gasteiger partial charge is 0.468 e. The molecule has 2 aliphatic heterocycles. The molecule has 1 amide bonds. The first-order valence-electron chi connectivity index (χ1n) is 13.9. The van der Waals surface area contributed by atoms with Gasteiger partial charge in [-0.25, -0.2) is 0 Å². The molecule has 3 aliphatic rings. The summed E-state index contributed by atoms with van der Waals surface area (Å²) in [4.78, 5) is 35.9. The van der Waals surface area contributed by atoms with Gasteiger partial charge in [0.2, 0.25) is 0 Å². The number of hydrogen-bond donors (Lipinski definition) is 1. The zero-order valence-corrected chi connectivity index (χ0v) is 22.0. The third-order valence-electron chi connectivity index (χ3n) is 8.40. The van der Waals surface area contributed by atoms with Crippen LogP contribution < -0.4 is 5.32 Å². The molecule has 3 fully saturated rings. The molecule has 0 radical (unpaired) electrons. The number of pyridine rings is 1. The highest BCUT2D eigenvalue weighted by Gasteiger charge is 2.42. The maximum atomic E-state index is 13.6. The van der Waals surface area contributed by atoms with Crippen LogP contribution >= 0.6 is 0 Å². The zero-order valence-electron chi connectivity index (χ0n) is 22.0. The highest BCUT2D eigenvalue weighted by Crippen LogP contribution is 2.40. The molecular formula is C31H36N4O3. The van der Waals surface area contributed by atoms with Gasteiger partial charge in [-0.1, -0.05) is 48.5 Å². The van der Waals surface area contributed by atoms with Crippen molar-refractivity contribution < 1.29 is 14.3 Å². The van der Waals surface area contributed by atoms with Gasteiger partial charge in [0.05, 0.1) is 18.2 Å². The van der Waals surface area contributed by atoms with E-state index in [1.165, 1.54) is 12.7 Å². The van der Waals surface area contributed by atoms with E-state index in [9.17, 15) is 9.59 Å². The molecule has 7 nitrogen and oxygen atoms in total. The first kappa shape index (κ1) is 25.0. The number of likely N-dealkylation sites (tertiary alicyclic amines) is 2. The van der Waals surface area contributed by atoms with Crippen LogP contribution in [0.15, 0.2) is 60.7 Å². The Hall–Kier alpha value is -3.29. The number of hydrogen-bond acceptors (Lipinski definition) is 6. The van der Waals surface area contributed by atoms with Gasteiger partial charge in [0.25, 0.3) is 5.91 Å². The topological polar surface area (TPSA) is 74.8 Å². The molecule has 1 saturated carbocycles. The van der Waals surface area contributed by atoms with Crippen LogP contribution in [0.1, 0.15) is 59.6 Å². The third kappa shape index (κ3) is 5.31. The van der Waals surface area contributed by atoms with Gasteiger partial charge in [-0.15, -0.1) is 0 Å². The number of methoxy groups -OCH3 is 1. The molecule has 7 heteroatoms. The lowest BCUT2D eigenvalue weighted by atomic mass is 10.0. The van der Waals surface area contributed by atoms with E-state index in [4.69, 9.17) is 9.72 Å². The number of fused-ring (bicyclic) bond motifs is 1. The number of esters is 1. The average molecular weight is 513 g/mol. The van der Waals surface area contributed by atoms with E-state index in [2.05, 4.69) is 45.4 Å². The fourth-order valence-corrected chi connectivity index (χ4v) is 6.22. The van der Waals surface area contributed by atoms with E-state index in [1.807, 2.05) is 30.3 Å². The molecule has 1 aliphatic carbocycles. The Morgan fingerprint density at radius 2 is 1.74 bits per heavy atom. The van der Waals surface area contributed by atoms with Crippen molar-refractivity contribution in [1.82, 2.24) is 20.1 Å². The summed E-state index contributed by atoms with van der Waals surface area (Å²) in [6, 6.07) is 20.3. The number of rotatable bonds is 7. The molecule has 2 atom stereocenters. The second kappa shape index (κ2) is 10.8. The van der Waals surface area contributed by atoms with Crippen molar-refractivity contribution >= 4 is 22.8 Å². The van der Waals surface area contributed by atoms with Crippen LogP contribution in [0.2, 0.25) is 0 Å². The Morgan fingerprint density at radius 1 is 1.00 bits per heavy atom. The van der Waals surface area contributed by atoms with Gasteiger partial charge >= 0.3 is 5.97 Å². The predicted octanol–water partition coefficient (Wildman–Crippen LogP) is 4.12. The number of piperidine rings is 1. The van der Waals surface area contributed by atoms with Gasteiger partial charge in [-0.3, -0.25) is 24.4 Å². The number of benzene rings is 2. The summed E-state index contributed by atoms with van der Waals surface area (Å²) in [5.41, 5.74) is 3.89. The van der Waals surface area contributed by atoms with E-state index in [-0.39, 0.29) is 24.0 Å². The molecular weight excluding hydrogens is 476 g/mol. The molecule has 1 aromatic heterocycles. The monoisotopic (exact) mass is 512 g/mol. The molecule has 2 aromatic carbocycles. The van der Waals surface area contributed by atoms with E-state index >= 15 is 0 Å². The van der Waals surface area contributed by atoms with Gasteiger partial charge < -0.3 is 10.1 Å². The summed E-state index contributed by atoms with van der Waals surface area (Å²) in [5, 5.41) is 4.14. The summed E-state index contributed by atoms with van der Waals surface area (Å²) >= 11 is 0. The van der Waals surface area contributed by atoms with Crippen LogP contribution in [0.5, 0.6) is 0 Å².